The fourth-order valence-corrected chi connectivity index (χ4v) is 4.09. The smallest absolute Gasteiger partial charge is 0.306 e. The quantitative estimate of drug-likeness (QED) is 0.294. The molecule has 2 atom stereocenters. The lowest BCUT2D eigenvalue weighted by Gasteiger charge is -2.29. The summed E-state index contributed by atoms with van der Waals surface area (Å²) >= 11 is 0. The van der Waals surface area contributed by atoms with Crippen LogP contribution in [0.3, 0.4) is 0 Å². The Morgan fingerprint density at radius 2 is 1.82 bits per heavy atom. The molecule has 7 heteroatoms. The highest BCUT2D eigenvalue weighted by molar-refractivity contribution is 5.86. The first kappa shape index (κ1) is 26.3. The second-order valence-corrected chi connectivity index (χ2v) is 8.60. The minimum atomic E-state index is -0.623. The van der Waals surface area contributed by atoms with Gasteiger partial charge in [0.05, 0.1) is 24.1 Å². The van der Waals surface area contributed by atoms with E-state index < -0.39 is 17.5 Å². The molecule has 2 rings (SSSR count). The summed E-state index contributed by atoms with van der Waals surface area (Å²) in [5.74, 6) is -1.56. The zero-order valence-electron chi connectivity index (χ0n) is 19.3. The van der Waals surface area contributed by atoms with E-state index >= 15 is 0 Å². The van der Waals surface area contributed by atoms with Gasteiger partial charge in [0.2, 0.25) is 11.8 Å². The molecule has 0 aliphatic heterocycles. The van der Waals surface area contributed by atoms with Crippen molar-refractivity contribution in [1.82, 2.24) is 10.6 Å². The Labute approximate surface area is 196 Å². The molecule has 0 unspecified atom stereocenters. The van der Waals surface area contributed by atoms with Crippen LogP contribution in [-0.2, 0) is 19.1 Å². The zero-order valence-corrected chi connectivity index (χ0v) is 19.3. The van der Waals surface area contributed by atoms with Crippen molar-refractivity contribution in [2.45, 2.75) is 62.9 Å². The SMILES string of the molecule is C=CCCC(=O)OC[C@@H](NC(=O)[C@@H](CC=C)CC(=O)NC1(CO)CCCC1)c1ccccc1. The maximum atomic E-state index is 13.1. The van der Waals surface area contributed by atoms with Crippen molar-refractivity contribution in [2.75, 3.05) is 13.2 Å². The summed E-state index contributed by atoms with van der Waals surface area (Å²) in [4.78, 5) is 37.8. The van der Waals surface area contributed by atoms with Gasteiger partial charge in [-0.25, -0.2) is 0 Å². The lowest BCUT2D eigenvalue weighted by atomic mass is 9.95. The predicted molar refractivity (Wildman–Crippen MR) is 127 cm³/mol. The highest BCUT2D eigenvalue weighted by atomic mass is 16.5. The number of carbonyl (C=O) groups excluding carboxylic acids is 3. The summed E-state index contributed by atoms with van der Waals surface area (Å²) in [6.45, 7) is 7.20. The number of esters is 1. The van der Waals surface area contributed by atoms with Crippen molar-refractivity contribution in [3.63, 3.8) is 0 Å². The molecular weight excluding hydrogens is 420 g/mol. The summed E-state index contributed by atoms with van der Waals surface area (Å²) in [7, 11) is 0. The van der Waals surface area contributed by atoms with Crippen molar-refractivity contribution in [1.29, 1.82) is 0 Å². The molecule has 1 aliphatic carbocycles. The second kappa shape index (κ2) is 13.6. The van der Waals surface area contributed by atoms with Crippen LogP contribution in [0.15, 0.2) is 55.6 Å². The number of allylic oxidation sites excluding steroid dienone is 2. The van der Waals surface area contributed by atoms with E-state index in [1.54, 1.807) is 12.2 Å². The van der Waals surface area contributed by atoms with E-state index in [1.165, 1.54) is 0 Å². The number of rotatable bonds is 14. The Balaban J connectivity index is 2.04. The summed E-state index contributed by atoms with van der Waals surface area (Å²) in [6, 6.07) is 8.71. The molecule has 7 nitrogen and oxygen atoms in total. The van der Waals surface area contributed by atoms with E-state index in [0.29, 0.717) is 12.8 Å². The number of aliphatic hydroxyl groups is 1. The number of carbonyl (C=O) groups is 3. The van der Waals surface area contributed by atoms with Crippen molar-refractivity contribution in [2.24, 2.45) is 5.92 Å². The van der Waals surface area contributed by atoms with Crippen LogP contribution in [0.5, 0.6) is 0 Å². The van der Waals surface area contributed by atoms with Crippen LogP contribution >= 0.6 is 0 Å². The summed E-state index contributed by atoms with van der Waals surface area (Å²) in [6.07, 6.45) is 7.71. The minimum absolute atomic E-state index is 0.00758. The number of hydrogen-bond acceptors (Lipinski definition) is 5. The third-order valence-corrected chi connectivity index (χ3v) is 6.00. The fourth-order valence-electron chi connectivity index (χ4n) is 4.09. The first-order valence-corrected chi connectivity index (χ1v) is 11.6. The number of benzene rings is 1. The number of nitrogens with one attached hydrogen (secondary N) is 2. The summed E-state index contributed by atoms with van der Waals surface area (Å²) < 4.78 is 5.37. The number of hydrogen-bond donors (Lipinski definition) is 3. The van der Waals surface area contributed by atoms with Gasteiger partial charge in [-0.15, -0.1) is 13.2 Å². The molecule has 1 saturated carbocycles. The summed E-state index contributed by atoms with van der Waals surface area (Å²) in [5, 5.41) is 15.6. The number of aliphatic hydroxyl groups excluding tert-OH is 1. The normalized spacial score (nSPS) is 16.3. The lowest BCUT2D eigenvalue weighted by molar-refractivity contribution is -0.145. The van der Waals surface area contributed by atoms with Gasteiger partial charge >= 0.3 is 5.97 Å². The van der Waals surface area contributed by atoms with Crippen LogP contribution in [0.25, 0.3) is 0 Å². The van der Waals surface area contributed by atoms with E-state index in [0.717, 1.165) is 31.2 Å². The van der Waals surface area contributed by atoms with Gasteiger partial charge in [0.25, 0.3) is 0 Å². The molecule has 0 radical (unpaired) electrons. The Morgan fingerprint density at radius 3 is 2.42 bits per heavy atom. The van der Waals surface area contributed by atoms with E-state index in [1.807, 2.05) is 30.3 Å². The highest BCUT2D eigenvalue weighted by Gasteiger charge is 2.35. The first-order valence-electron chi connectivity index (χ1n) is 11.6. The molecule has 0 saturated heterocycles. The van der Waals surface area contributed by atoms with Gasteiger partial charge in [0.15, 0.2) is 0 Å². The van der Waals surface area contributed by atoms with E-state index in [4.69, 9.17) is 4.74 Å². The molecule has 1 aromatic rings. The molecule has 0 heterocycles. The second-order valence-electron chi connectivity index (χ2n) is 8.60. The molecule has 1 fully saturated rings. The first-order chi connectivity index (χ1) is 15.9. The van der Waals surface area contributed by atoms with Gasteiger partial charge in [-0.2, -0.15) is 0 Å². The van der Waals surface area contributed by atoms with Gasteiger partial charge in [0, 0.05) is 12.8 Å². The van der Waals surface area contributed by atoms with Gasteiger partial charge in [-0.05, 0) is 31.2 Å². The molecule has 0 spiro atoms. The molecule has 1 aromatic carbocycles. The largest absolute Gasteiger partial charge is 0.463 e. The van der Waals surface area contributed by atoms with Crippen molar-refractivity contribution in [3.05, 3.63) is 61.2 Å². The van der Waals surface area contributed by atoms with Gasteiger partial charge in [-0.1, -0.05) is 55.3 Å². The third-order valence-electron chi connectivity index (χ3n) is 6.00. The Kier molecular flexibility index (Phi) is 10.8. The van der Waals surface area contributed by atoms with Gasteiger partial charge < -0.3 is 20.5 Å². The molecule has 2 amide bonds. The van der Waals surface area contributed by atoms with Crippen LogP contribution in [0, 0.1) is 5.92 Å². The van der Waals surface area contributed by atoms with Crippen LogP contribution in [0.4, 0.5) is 0 Å². The monoisotopic (exact) mass is 456 g/mol. The van der Waals surface area contributed by atoms with E-state index in [-0.39, 0.29) is 43.8 Å². The van der Waals surface area contributed by atoms with Crippen LogP contribution in [-0.4, -0.2) is 41.6 Å². The maximum Gasteiger partial charge on any atom is 0.306 e. The molecule has 0 bridgehead atoms. The number of amides is 2. The topological polar surface area (TPSA) is 105 Å². The van der Waals surface area contributed by atoms with E-state index in [2.05, 4.69) is 23.8 Å². The minimum Gasteiger partial charge on any atom is -0.463 e. The van der Waals surface area contributed by atoms with Gasteiger partial charge in [-0.3, -0.25) is 14.4 Å². The Morgan fingerprint density at radius 1 is 1.12 bits per heavy atom. The van der Waals surface area contributed by atoms with Crippen LogP contribution < -0.4 is 10.6 Å². The van der Waals surface area contributed by atoms with Crippen LogP contribution in [0.2, 0.25) is 0 Å². The van der Waals surface area contributed by atoms with Crippen molar-refractivity contribution in [3.8, 4) is 0 Å². The Bertz CT molecular complexity index is 802. The maximum absolute atomic E-state index is 13.1. The van der Waals surface area contributed by atoms with Crippen molar-refractivity contribution >= 4 is 17.8 Å². The molecule has 33 heavy (non-hydrogen) atoms. The highest BCUT2D eigenvalue weighted by Crippen LogP contribution is 2.29. The van der Waals surface area contributed by atoms with E-state index in [9.17, 15) is 19.5 Å². The average Bonchev–Trinajstić information content (AvgIpc) is 3.29. The molecule has 180 valence electrons. The van der Waals surface area contributed by atoms with Crippen molar-refractivity contribution < 1.29 is 24.2 Å². The standard InChI is InChI=1S/C26H36N2O5/c1-3-5-14-24(31)33-18-22(20-12-7-6-8-13-20)27-25(32)21(11-4-2)17-23(30)28-26(19-29)15-9-10-16-26/h3-4,6-8,12-13,21-22,29H,1-2,5,9-11,14-19H2,(H,27,32)(H,28,30)/t21-,22+/m0/s1. The fraction of sp³-hybridized carbons (Fsp3) is 0.500. The average molecular weight is 457 g/mol. The molecule has 3 N–H and O–H groups in total. The predicted octanol–water partition coefficient (Wildman–Crippen LogP) is 3.36. The molecule has 0 aromatic heterocycles. The third kappa shape index (κ3) is 8.50. The zero-order chi connectivity index (χ0) is 24.1. The summed E-state index contributed by atoms with van der Waals surface area (Å²) in [5.41, 5.74) is 0.216. The Hall–Kier alpha value is -2.93. The molecule has 1 aliphatic rings. The number of ether oxygens (including phenoxy) is 1. The lowest BCUT2D eigenvalue weighted by Crippen LogP contribution is -2.50. The molecular formula is C26H36N2O5. The van der Waals surface area contributed by atoms with Gasteiger partial charge in [0.1, 0.15) is 6.61 Å². The van der Waals surface area contributed by atoms with Crippen LogP contribution in [0.1, 0.15) is 63.0 Å².